The Morgan fingerprint density at radius 1 is 1.43 bits per heavy atom. The standard InChI is InChI=1S/C10H21N3S/c1-12-7-8-14-10(11)13-9-5-3-2-4-6-9/h9,12H,2-8H2,1H3,(H2,11,13)/p+1. The van der Waals surface area contributed by atoms with Gasteiger partial charge in [-0.3, -0.25) is 10.7 Å². The molecule has 0 aromatic carbocycles. The summed E-state index contributed by atoms with van der Waals surface area (Å²) in [4.78, 5) is 3.41. The Morgan fingerprint density at radius 3 is 2.79 bits per heavy atom. The van der Waals surface area contributed by atoms with E-state index in [4.69, 9.17) is 5.73 Å². The zero-order valence-electron chi connectivity index (χ0n) is 9.01. The zero-order valence-corrected chi connectivity index (χ0v) is 9.83. The summed E-state index contributed by atoms with van der Waals surface area (Å²) in [6.45, 7) is 1.01. The Labute approximate surface area is 90.9 Å². The van der Waals surface area contributed by atoms with Crippen molar-refractivity contribution in [2.75, 3.05) is 19.3 Å². The maximum Gasteiger partial charge on any atom is 0.302 e. The van der Waals surface area contributed by atoms with Crippen molar-refractivity contribution in [3.63, 3.8) is 0 Å². The van der Waals surface area contributed by atoms with Gasteiger partial charge in [0.15, 0.2) is 0 Å². The largest absolute Gasteiger partial charge is 0.319 e. The van der Waals surface area contributed by atoms with Crippen LogP contribution in [0.4, 0.5) is 0 Å². The van der Waals surface area contributed by atoms with E-state index in [-0.39, 0.29) is 0 Å². The summed E-state index contributed by atoms with van der Waals surface area (Å²) in [7, 11) is 1.96. The molecule has 0 aliphatic heterocycles. The van der Waals surface area contributed by atoms with E-state index in [1.807, 2.05) is 7.05 Å². The topological polar surface area (TPSA) is 52.0 Å². The lowest BCUT2D eigenvalue weighted by molar-refractivity contribution is -0.505. The van der Waals surface area contributed by atoms with E-state index in [1.54, 1.807) is 11.8 Å². The second-order valence-corrected chi connectivity index (χ2v) is 4.93. The number of amidine groups is 1. The van der Waals surface area contributed by atoms with Crippen LogP contribution in [0.1, 0.15) is 32.1 Å². The highest BCUT2D eigenvalue weighted by molar-refractivity contribution is 8.13. The van der Waals surface area contributed by atoms with E-state index in [1.165, 1.54) is 32.1 Å². The predicted octanol–water partition coefficient (Wildman–Crippen LogP) is -0.333. The molecule has 4 heteroatoms. The molecular formula is C10H22N3S+. The minimum atomic E-state index is 0.630. The van der Waals surface area contributed by atoms with Crippen molar-refractivity contribution >= 4 is 16.9 Å². The number of thioether (sulfide) groups is 1. The van der Waals surface area contributed by atoms with E-state index >= 15 is 0 Å². The van der Waals surface area contributed by atoms with Crippen LogP contribution in [0.15, 0.2) is 0 Å². The van der Waals surface area contributed by atoms with Crippen molar-refractivity contribution in [2.24, 2.45) is 5.73 Å². The Balaban J connectivity index is 2.19. The smallest absolute Gasteiger partial charge is 0.302 e. The van der Waals surface area contributed by atoms with E-state index < -0.39 is 0 Å². The molecule has 0 amide bonds. The van der Waals surface area contributed by atoms with Crippen LogP contribution in [0, 0.1) is 0 Å². The average Bonchev–Trinajstić information content (AvgIpc) is 2.20. The summed E-state index contributed by atoms with van der Waals surface area (Å²) in [6.07, 6.45) is 6.67. The molecule has 0 radical (unpaired) electrons. The first kappa shape index (κ1) is 11.9. The highest BCUT2D eigenvalue weighted by Gasteiger charge is 2.14. The Bertz CT molecular complexity index is 176. The molecule has 82 valence electrons. The van der Waals surface area contributed by atoms with Crippen LogP contribution in [0.2, 0.25) is 0 Å². The number of rotatable bonds is 4. The maximum atomic E-state index is 5.89. The van der Waals surface area contributed by atoms with Crippen molar-refractivity contribution in [1.29, 1.82) is 0 Å². The van der Waals surface area contributed by atoms with Crippen LogP contribution in [0.5, 0.6) is 0 Å². The number of nitrogens with two attached hydrogens (primary N) is 1. The number of hydrogen-bond donors (Lipinski definition) is 3. The summed E-state index contributed by atoms with van der Waals surface area (Å²) >= 11 is 1.72. The zero-order chi connectivity index (χ0) is 10.2. The molecule has 1 aliphatic rings. The lowest BCUT2D eigenvalue weighted by Crippen LogP contribution is -2.81. The minimum absolute atomic E-state index is 0.630. The fourth-order valence-corrected chi connectivity index (χ4v) is 2.53. The molecule has 0 bridgehead atoms. The first-order chi connectivity index (χ1) is 6.83. The van der Waals surface area contributed by atoms with Crippen molar-refractivity contribution in [3.8, 4) is 0 Å². The SMILES string of the molecule is CNCCSC(N)=[NH+]C1CCCCC1. The summed E-state index contributed by atoms with van der Waals surface area (Å²) in [6, 6.07) is 0.630. The van der Waals surface area contributed by atoms with Crippen LogP contribution < -0.4 is 16.0 Å². The van der Waals surface area contributed by atoms with Gasteiger partial charge in [-0.15, -0.1) is 0 Å². The van der Waals surface area contributed by atoms with E-state index in [0.29, 0.717) is 6.04 Å². The third-order valence-electron chi connectivity index (χ3n) is 2.56. The molecular weight excluding hydrogens is 194 g/mol. The second kappa shape index (κ2) is 7.12. The van der Waals surface area contributed by atoms with Crippen LogP contribution >= 0.6 is 11.8 Å². The third kappa shape index (κ3) is 4.86. The molecule has 1 saturated carbocycles. The monoisotopic (exact) mass is 216 g/mol. The highest BCUT2D eigenvalue weighted by Crippen LogP contribution is 2.14. The van der Waals surface area contributed by atoms with Crippen LogP contribution in [0.3, 0.4) is 0 Å². The molecule has 0 aromatic heterocycles. The third-order valence-corrected chi connectivity index (χ3v) is 3.40. The Morgan fingerprint density at radius 2 is 2.14 bits per heavy atom. The lowest BCUT2D eigenvalue weighted by atomic mass is 9.96. The normalized spacial score (nSPS) is 19.9. The van der Waals surface area contributed by atoms with Gasteiger partial charge < -0.3 is 5.32 Å². The van der Waals surface area contributed by atoms with Gasteiger partial charge in [0.1, 0.15) is 0 Å². The number of hydrogen-bond acceptors (Lipinski definition) is 2. The van der Waals surface area contributed by atoms with Gasteiger partial charge in [0.25, 0.3) is 0 Å². The molecule has 3 nitrogen and oxygen atoms in total. The molecule has 0 spiro atoms. The summed E-state index contributed by atoms with van der Waals surface area (Å²) in [5.74, 6) is 1.04. The summed E-state index contributed by atoms with van der Waals surface area (Å²) in [5.41, 5.74) is 5.89. The molecule has 1 aliphatic carbocycles. The molecule has 1 fully saturated rings. The first-order valence-corrected chi connectivity index (χ1v) is 6.48. The molecule has 4 N–H and O–H groups in total. The van der Waals surface area contributed by atoms with Crippen molar-refractivity contribution < 1.29 is 4.99 Å². The van der Waals surface area contributed by atoms with Gasteiger partial charge in [-0.1, -0.05) is 6.42 Å². The lowest BCUT2D eigenvalue weighted by Gasteiger charge is -2.15. The quantitative estimate of drug-likeness (QED) is 0.343. The average molecular weight is 216 g/mol. The summed E-state index contributed by atoms with van der Waals surface area (Å²) in [5, 5.41) is 4.00. The molecule has 1 rings (SSSR count). The molecule has 0 atom stereocenters. The summed E-state index contributed by atoms with van der Waals surface area (Å²) < 4.78 is 0. The Kier molecular flexibility index (Phi) is 6.03. The van der Waals surface area contributed by atoms with Gasteiger partial charge in [-0.2, -0.15) is 0 Å². The minimum Gasteiger partial charge on any atom is -0.319 e. The van der Waals surface area contributed by atoms with Gasteiger partial charge >= 0.3 is 5.17 Å². The van der Waals surface area contributed by atoms with Crippen molar-refractivity contribution in [3.05, 3.63) is 0 Å². The molecule has 14 heavy (non-hydrogen) atoms. The molecule has 0 heterocycles. The van der Waals surface area contributed by atoms with Crippen LogP contribution in [-0.2, 0) is 0 Å². The van der Waals surface area contributed by atoms with Gasteiger partial charge in [0.05, 0.1) is 6.04 Å². The molecule has 0 aromatic rings. The van der Waals surface area contributed by atoms with Gasteiger partial charge in [-0.05, 0) is 44.5 Å². The number of nitrogens with one attached hydrogen (secondary N) is 2. The first-order valence-electron chi connectivity index (χ1n) is 5.49. The van der Waals surface area contributed by atoms with Gasteiger partial charge in [-0.25, -0.2) is 0 Å². The van der Waals surface area contributed by atoms with Gasteiger partial charge in [0, 0.05) is 12.3 Å². The van der Waals surface area contributed by atoms with Crippen molar-refractivity contribution in [1.82, 2.24) is 5.32 Å². The molecule has 0 saturated heterocycles. The van der Waals surface area contributed by atoms with Crippen LogP contribution in [0.25, 0.3) is 0 Å². The fourth-order valence-electron chi connectivity index (χ4n) is 1.75. The van der Waals surface area contributed by atoms with E-state index in [0.717, 1.165) is 17.5 Å². The second-order valence-electron chi connectivity index (χ2n) is 3.80. The predicted molar refractivity (Wildman–Crippen MR) is 63.4 cm³/mol. The van der Waals surface area contributed by atoms with Crippen LogP contribution in [-0.4, -0.2) is 30.6 Å². The molecule has 0 unspecified atom stereocenters. The van der Waals surface area contributed by atoms with E-state index in [2.05, 4.69) is 10.3 Å². The van der Waals surface area contributed by atoms with E-state index in [9.17, 15) is 0 Å². The highest BCUT2D eigenvalue weighted by atomic mass is 32.2. The van der Waals surface area contributed by atoms with Gasteiger partial charge in [0.2, 0.25) is 0 Å². The van der Waals surface area contributed by atoms with Crippen molar-refractivity contribution in [2.45, 2.75) is 38.1 Å². The Hall–Kier alpha value is -0.220. The fraction of sp³-hybridized carbons (Fsp3) is 0.900. The maximum absolute atomic E-state index is 5.89.